The smallest absolute Gasteiger partial charge is 0.307 e. The highest BCUT2D eigenvalue weighted by Crippen LogP contribution is 2.31. The zero-order valence-electron chi connectivity index (χ0n) is 27.9. The third-order valence-corrected chi connectivity index (χ3v) is 9.99. The van der Waals surface area contributed by atoms with Crippen LogP contribution in [0.2, 0.25) is 0 Å². The van der Waals surface area contributed by atoms with Crippen LogP contribution in [0, 0.1) is 17.8 Å². The van der Waals surface area contributed by atoms with Gasteiger partial charge in [0.2, 0.25) is 0 Å². The van der Waals surface area contributed by atoms with Crippen molar-refractivity contribution in [3.05, 3.63) is 0 Å². The fourth-order valence-electron chi connectivity index (χ4n) is 6.92. The Labute approximate surface area is 260 Å². The molecule has 3 N–H and O–H groups in total. The molecule has 3 heterocycles. The monoisotopic (exact) mass is 608 g/mol. The number of piperidine rings is 3. The number of esters is 3. The molecule has 0 spiro atoms. The van der Waals surface area contributed by atoms with Crippen LogP contribution in [0.25, 0.3) is 0 Å². The molecule has 0 bridgehead atoms. The van der Waals surface area contributed by atoms with E-state index in [2.05, 4.69) is 16.0 Å². The number of carbonyl (C=O) groups excluding carboxylic acids is 3. The molecule has 3 saturated heterocycles. The van der Waals surface area contributed by atoms with Crippen molar-refractivity contribution in [3.8, 4) is 0 Å². The van der Waals surface area contributed by atoms with Gasteiger partial charge in [0.05, 0.1) is 19.3 Å². The zero-order valence-corrected chi connectivity index (χ0v) is 27.9. The van der Waals surface area contributed by atoms with Crippen LogP contribution >= 0.6 is 0 Å². The molecule has 43 heavy (non-hydrogen) atoms. The summed E-state index contributed by atoms with van der Waals surface area (Å²) < 4.78 is 17.9. The van der Waals surface area contributed by atoms with Crippen molar-refractivity contribution in [3.63, 3.8) is 0 Å². The van der Waals surface area contributed by atoms with Gasteiger partial charge in [0.1, 0.15) is 16.8 Å². The van der Waals surface area contributed by atoms with Gasteiger partial charge in [-0.3, -0.25) is 14.4 Å². The highest BCUT2D eigenvalue weighted by Gasteiger charge is 2.36. The van der Waals surface area contributed by atoms with E-state index in [0.717, 1.165) is 77.8 Å². The Hall–Kier alpha value is -1.75. The average Bonchev–Trinajstić information content (AvgIpc) is 2.97. The van der Waals surface area contributed by atoms with Gasteiger partial charge in [-0.25, -0.2) is 0 Å². The Bertz CT molecular complexity index is 776. The van der Waals surface area contributed by atoms with Gasteiger partial charge in [-0.15, -0.1) is 0 Å². The van der Waals surface area contributed by atoms with E-state index in [1.54, 1.807) is 0 Å². The lowest BCUT2D eigenvalue weighted by molar-refractivity contribution is -0.163. The molecular weight excluding hydrogens is 548 g/mol. The first kappa shape index (κ1) is 35.7. The zero-order chi connectivity index (χ0) is 31.5. The summed E-state index contributed by atoms with van der Waals surface area (Å²) in [5, 5.41) is 10.1. The topological polar surface area (TPSA) is 118 Å². The summed E-state index contributed by atoms with van der Waals surface area (Å²) >= 11 is 0. The first-order valence-electron chi connectivity index (χ1n) is 16.8. The lowest BCUT2D eigenvalue weighted by atomic mass is 9.83. The summed E-state index contributed by atoms with van der Waals surface area (Å²) in [6.45, 7) is 18.8. The molecule has 0 amide bonds. The summed E-state index contributed by atoms with van der Waals surface area (Å²) in [5.74, 6) is 0.216. The highest BCUT2D eigenvalue weighted by molar-refractivity contribution is 5.71. The molecular formula is C33H60N4O6. The molecule has 0 atom stereocenters. The van der Waals surface area contributed by atoms with Crippen molar-refractivity contribution >= 4 is 17.9 Å². The number of rotatable bonds is 15. The third kappa shape index (κ3) is 11.9. The van der Waals surface area contributed by atoms with Crippen LogP contribution < -0.4 is 16.0 Å². The Balaban J connectivity index is 1.54. The minimum Gasteiger partial charge on any atom is -0.459 e. The molecule has 0 aromatic carbocycles. The van der Waals surface area contributed by atoms with Crippen molar-refractivity contribution in [2.24, 2.45) is 17.8 Å². The number of hydrogen-bond acceptors (Lipinski definition) is 10. The molecule has 3 aliphatic rings. The van der Waals surface area contributed by atoms with Crippen LogP contribution in [0.5, 0.6) is 0 Å². The third-order valence-electron chi connectivity index (χ3n) is 9.99. The van der Waals surface area contributed by atoms with Crippen LogP contribution in [-0.2, 0) is 28.6 Å². The molecule has 248 valence electrons. The van der Waals surface area contributed by atoms with Crippen molar-refractivity contribution < 1.29 is 28.6 Å². The van der Waals surface area contributed by atoms with E-state index in [4.69, 9.17) is 14.2 Å². The second-order valence-electron chi connectivity index (χ2n) is 14.4. The second kappa shape index (κ2) is 16.5. The van der Waals surface area contributed by atoms with Crippen molar-refractivity contribution in [2.75, 3.05) is 58.9 Å². The largest absolute Gasteiger partial charge is 0.459 e. The fraction of sp³-hybridized carbons (Fsp3) is 0.909. The normalized spacial score (nSPS) is 20.2. The molecule has 10 heteroatoms. The molecule has 10 nitrogen and oxygen atoms in total. The summed E-state index contributed by atoms with van der Waals surface area (Å²) in [6, 6.07) is 0. The Morgan fingerprint density at radius 2 is 0.744 bits per heavy atom. The maximum atomic E-state index is 12.9. The Morgan fingerprint density at radius 1 is 0.512 bits per heavy atom. The predicted molar refractivity (Wildman–Crippen MR) is 168 cm³/mol. The molecule has 0 aliphatic carbocycles. The van der Waals surface area contributed by atoms with Gasteiger partial charge < -0.3 is 35.1 Å². The Kier molecular flexibility index (Phi) is 13.7. The first-order valence-corrected chi connectivity index (χ1v) is 16.8. The van der Waals surface area contributed by atoms with Gasteiger partial charge in [-0.05, 0) is 119 Å². The van der Waals surface area contributed by atoms with Crippen LogP contribution in [-0.4, -0.2) is 98.5 Å². The van der Waals surface area contributed by atoms with Crippen molar-refractivity contribution in [1.29, 1.82) is 0 Å². The number of ether oxygens (including phenoxy) is 3. The van der Waals surface area contributed by atoms with Crippen LogP contribution in [0.1, 0.15) is 99.3 Å². The van der Waals surface area contributed by atoms with Gasteiger partial charge >= 0.3 is 17.9 Å². The first-order chi connectivity index (χ1) is 20.3. The maximum absolute atomic E-state index is 12.9. The van der Waals surface area contributed by atoms with Crippen molar-refractivity contribution in [1.82, 2.24) is 20.9 Å². The molecule has 3 rings (SSSR count). The summed E-state index contributed by atoms with van der Waals surface area (Å²) in [4.78, 5) is 40.8. The highest BCUT2D eigenvalue weighted by atomic mass is 16.6. The number of carbonyl (C=O) groups is 3. The van der Waals surface area contributed by atoms with Gasteiger partial charge in [-0.1, -0.05) is 0 Å². The van der Waals surface area contributed by atoms with E-state index in [0.29, 0.717) is 37.4 Å². The molecule has 3 aliphatic heterocycles. The van der Waals surface area contributed by atoms with Crippen LogP contribution in [0.3, 0.4) is 0 Å². The Morgan fingerprint density at radius 3 is 0.977 bits per heavy atom. The lowest BCUT2D eigenvalue weighted by Crippen LogP contribution is -2.44. The number of hydrogen-bond donors (Lipinski definition) is 3. The van der Waals surface area contributed by atoms with E-state index in [9.17, 15) is 14.4 Å². The minimum absolute atomic E-state index is 0.194. The van der Waals surface area contributed by atoms with Gasteiger partial charge in [0.25, 0.3) is 0 Å². The molecule has 3 fully saturated rings. The predicted octanol–water partition coefficient (Wildman–Crippen LogP) is 3.42. The number of nitrogens with one attached hydrogen (secondary N) is 3. The molecule has 0 unspecified atom stereocenters. The molecule has 0 aromatic heterocycles. The summed E-state index contributed by atoms with van der Waals surface area (Å²) in [5.41, 5.74) is -1.59. The van der Waals surface area contributed by atoms with E-state index >= 15 is 0 Å². The molecule has 0 radical (unpaired) electrons. The second-order valence-corrected chi connectivity index (χ2v) is 14.4. The molecule has 0 aromatic rings. The van der Waals surface area contributed by atoms with E-state index in [1.807, 2.05) is 46.4 Å². The van der Waals surface area contributed by atoms with E-state index < -0.39 is 16.8 Å². The minimum atomic E-state index is -0.530. The standard InChI is InChI=1S/C33H60N4O6/c1-31(2,25-7-16-34-17-8-25)41-28(38)13-22-37(23-14-29(39)42-32(3,4)26-9-18-35-19-10-26)24-15-30(40)43-33(5,6)27-11-20-36-21-12-27/h25-27,34-36H,7-24H2,1-6H3. The SMILES string of the molecule is CC(C)(OC(=O)CCN(CCC(=O)OC(C)(C)C1CCNCC1)CCC(=O)OC(C)(C)C1CCNCC1)C1CCNCC1. The average molecular weight is 609 g/mol. The van der Waals surface area contributed by atoms with Gasteiger partial charge in [0, 0.05) is 37.4 Å². The summed E-state index contributed by atoms with van der Waals surface area (Å²) in [6.07, 6.45) is 6.49. The van der Waals surface area contributed by atoms with Crippen LogP contribution in [0.15, 0.2) is 0 Å². The van der Waals surface area contributed by atoms with Gasteiger partial charge in [-0.2, -0.15) is 0 Å². The number of nitrogens with zero attached hydrogens (tertiary/aromatic N) is 1. The summed E-state index contributed by atoms with van der Waals surface area (Å²) in [7, 11) is 0. The van der Waals surface area contributed by atoms with Gasteiger partial charge in [0.15, 0.2) is 0 Å². The maximum Gasteiger partial charge on any atom is 0.307 e. The van der Waals surface area contributed by atoms with Crippen LogP contribution in [0.4, 0.5) is 0 Å². The fourth-order valence-corrected chi connectivity index (χ4v) is 6.92. The van der Waals surface area contributed by atoms with E-state index in [1.165, 1.54) is 0 Å². The van der Waals surface area contributed by atoms with Crippen molar-refractivity contribution in [2.45, 2.75) is 116 Å². The van der Waals surface area contributed by atoms with E-state index in [-0.39, 0.29) is 37.2 Å². The molecule has 0 saturated carbocycles. The quantitative estimate of drug-likeness (QED) is 0.189. The lowest BCUT2D eigenvalue weighted by Gasteiger charge is -2.37.